The van der Waals surface area contributed by atoms with Crippen molar-refractivity contribution in [1.82, 2.24) is 9.88 Å². The highest BCUT2D eigenvalue weighted by Gasteiger charge is 2.44. The maximum absolute atomic E-state index is 10.4. The van der Waals surface area contributed by atoms with Gasteiger partial charge in [0.2, 0.25) is 0 Å². The fourth-order valence-electron chi connectivity index (χ4n) is 5.23. The number of benzene rings is 1. The first kappa shape index (κ1) is 21.6. The molecule has 1 aromatic heterocycles. The third kappa shape index (κ3) is 4.25. The van der Waals surface area contributed by atoms with E-state index in [4.69, 9.17) is 9.59 Å². The number of hydrogen-bond acceptors (Lipinski definition) is 5. The Bertz CT molecular complexity index is 916. The first-order valence-electron chi connectivity index (χ1n) is 10.0. The summed E-state index contributed by atoms with van der Waals surface area (Å²) in [5.41, 5.74) is 3.67. The number of likely N-dealkylation sites (tertiary alicyclic amines) is 1. The molecular weight excluding hydrogens is 434 g/mol. The average molecular weight is 460 g/mol. The molecule has 2 aromatic rings. The van der Waals surface area contributed by atoms with Crippen LogP contribution in [0.15, 0.2) is 24.3 Å². The van der Waals surface area contributed by atoms with Gasteiger partial charge in [-0.3, -0.25) is 0 Å². The summed E-state index contributed by atoms with van der Waals surface area (Å²) in [6.07, 6.45) is 6.30. The summed E-state index contributed by atoms with van der Waals surface area (Å²) in [5.74, 6) is 1.31. The smallest absolute Gasteiger partial charge is 0.373 e. The molecule has 0 unspecified atom stereocenters. The number of aromatic amines is 1. The van der Waals surface area contributed by atoms with Crippen LogP contribution in [0.1, 0.15) is 43.5 Å². The van der Waals surface area contributed by atoms with Gasteiger partial charge in [0.05, 0.1) is 12.1 Å². The van der Waals surface area contributed by atoms with Gasteiger partial charge < -0.3 is 15.0 Å². The number of para-hydroxylation sites is 1. The summed E-state index contributed by atoms with van der Waals surface area (Å²) in [6.45, 7) is 3.00. The van der Waals surface area contributed by atoms with Gasteiger partial charge in [0.15, 0.2) is 6.19 Å². The Morgan fingerprint density at radius 1 is 1.31 bits per heavy atom. The van der Waals surface area contributed by atoms with Crippen LogP contribution < -0.4 is 0 Å². The number of halogens is 1. The van der Waals surface area contributed by atoms with Crippen LogP contribution in [0.25, 0.3) is 10.9 Å². The lowest BCUT2D eigenvalue weighted by molar-refractivity contribution is -0.191. The lowest BCUT2D eigenvalue weighted by atomic mass is 9.66. The highest BCUT2D eigenvalue weighted by molar-refractivity contribution is 9.09. The lowest BCUT2D eigenvalue weighted by Gasteiger charge is -2.48. The van der Waals surface area contributed by atoms with Crippen molar-refractivity contribution in [1.29, 1.82) is 5.26 Å². The van der Waals surface area contributed by atoms with Crippen molar-refractivity contribution >= 4 is 33.0 Å². The van der Waals surface area contributed by atoms with E-state index in [1.54, 1.807) is 0 Å². The molecule has 4 rings (SSSR count). The average Bonchev–Trinajstić information content (AvgIpc) is 3.09. The quantitative estimate of drug-likeness (QED) is 0.537. The van der Waals surface area contributed by atoms with E-state index in [-0.39, 0.29) is 18.3 Å². The number of nitrogens with one attached hydrogen (secondary N) is 1. The van der Waals surface area contributed by atoms with Crippen LogP contribution >= 0.6 is 15.9 Å². The monoisotopic (exact) mass is 459 g/mol. The van der Waals surface area contributed by atoms with E-state index in [9.17, 15) is 10.4 Å². The van der Waals surface area contributed by atoms with E-state index in [1.807, 2.05) is 4.90 Å². The number of aliphatic hydroxyl groups is 1. The van der Waals surface area contributed by atoms with Crippen LogP contribution in [0.2, 0.25) is 0 Å². The summed E-state index contributed by atoms with van der Waals surface area (Å²) >= 11 is 3.59. The zero-order chi connectivity index (χ0) is 21.0. The Morgan fingerprint density at radius 3 is 2.72 bits per heavy atom. The minimum Gasteiger partial charge on any atom is -0.393 e. The van der Waals surface area contributed by atoms with Crippen molar-refractivity contribution in [3.63, 3.8) is 0 Å². The fourth-order valence-corrected chi connectivity index (χ4v) is 5.62. The highest BCUT2D eigenvalue weighted by Crippen LogP contribution is 2.47. The van der Waals surface area contributed by atoms with Gasteiger partial charge in [0.25, 0.3) is 0 Å². The van der Waals surface area contributed by atoms with Crippen LogP contribution in [0.5, 0.6) is 0 Å². The molecule has 0 bridgehead atoms. The molecule has 5 atom stereocenters. The largest absolute Gasteiger partial charge is 0.393 e. The zero-order valence-corrected chi connectivity index (χ0v) is 18.1. The van der Waals surface area contributed by atoms with Gasteiger partial charge in [-0.2, -0.15) is 14.9 Å². The molecule has 2 heterocycles. The Morgan fingerprint density at radius 2 is 2.03 bits per heavy atom. The first-order valence-corrected chi connectivity index (χ1v) is 11.2. The molecule has 154 valence electrons. The summed E-state index contributed by atoms with van der Waals surface area (Å²) in [4.78, 5) is 21.9. The molecule has 0 radical (unpaired) electrons. The molecule has 7 heteroatoms. The number of aliphatic hydroxyl groups excluding tert-OH is 1. The maximum Gasteiger partial charge on any atom is 0.373 e. The molecule has 1 aromatic carbocycles. The zero-order valence-electron chi connectivity index (χ0n) is 16.5. The predicted molar refractivity (Wildman–Crippen MR) is 112 cm³/mol. The van der Waals surface area contributed by atoms with Gasteiger partial charge >= 0.3 is 6.15 Å². The number of aromatic nitrogens is 1. The van der Waals surface area contributed by atoms with Gasteiger partial charge in [0, 0.05) is 28.5 Å². The third-order valence-corrected chi connectivity index (χ3v) is 7.07. The minimum atomic E-state index is -0.199. The SMILES string of the molecule is C[C@@H]1[C@H]2C[C@@H](c3[nH]c4ccccc4c3CCBr)N(C#N)C[C@@H]2CC[C@@H]1O.O=C=O. The molecule has 2 aliphatic rings. The Kier molecular flexibility index (Phi) is 7.13. The van der Waals surface area contributed by atoms with Crippen LogP contribution in [-0.2, 0) is 16.0 Å². The van der Waals surface area contributed by atoms with E-state index >= 15 is 0 Å². The number of carbonyl (C=O) groups excluding carboxylic acids is 2. The lowest BCUT2D eigenvalue weighted by Crippen LogP contribution is -2.47. The highest BCUT2D eigenvalue weighted by atomic mass is 79.9. The van der Waals surface area contributed by atoms with Crippen LogP contribution in [-0.4, -0.2) is 39.1 Å². The molecule has 29 heavy (non-hydrogen) atoms. The van der Waals surface area contributed by atoms with Gasteiger partial charge in [-0.15, -0.1) is 0 Å². The Hall–Kier alpha value is -2.13. The van der Waals surface area contributed by atoms with Crippen molar-refractivity contribution in [2.45, 2.75) is 44.8 Å². The second-order valence-electron chi connectivity index (χ2n) is 8.02. The van der Waals surface area contributed by atoms with Crippen LogP contribution in [0.3, 0.4) is 0 Å². The maximum atomic E-state index is 10.4. The summed E-state index contributed by atoms with van der Waals surface area (Å²) < 4.78 is 0. The predicted octanol–water partition coefficient (Wildman–Crippen LogP) is 3.77. The topological polar surface area (TPSA) is 97.2 Å². The molecule has 0 spiro atoms. The number of H-pyrrole nitrogens is 1. The molecule has 1 aliphatic carbocycles. The van der Waals surface area contributed by atoms with Gasteiger partial charge in [-0.05, 0) is 55.1 Å². The van der Waals surface area contributed by atoms with Gasteiger partial charge in [-0.1, -0.05) is 41.1 Å². The summed E-state index contributed by atoms with van der Waals surface area (Å²) in [7, 11) is 0. The molecule has 6 nitrogen and oxygen atoms in total. The number of hydrogen-bond donors (Lipinski definition) is 2. The van der Waals surface area contributed by atoms with E-state index in [2.05, 4.69) is 58.3 Å². The molecule has 2 fully saturated rings. The van der Waals surface area contributed by atoms with Crippen LogP contribution in [0, 0.1) is 29.2 Å². The summed E-state index contributed by atoms with van der Waals surface area (Å²) in [5, 5.41) is 22.4. The van der Waals surface area contributed by atoms with Gasteiger partial charge in [-0.25, -0.2) is 0 Å². The number of piperidine rings is 1. The van der Waals surface area contributed by atoms with E-state index in [0.717, 1.165) is 43.1 Å². The Labute approximate surface area is 179 Å². The van der Waals surface area contributed by atoms with Crippen molar-refractivity contribution in [2.75, 3.05) is 11.9 Å². The Balaban J connectivity index is 0.000000755. The fraction of sp³-hybridized carbons (Fsp3) is 0.545. The second-order valence-corrected chi connectivity index (χ2v) is 8.81. The number of rotatable bonds is 3. The number of aryl methyl sites for hydroxylation is 1. The molecule has 1 saturated heterocycles. The molecule has 1 saturated carbocycles. The van der Waals surface area contributed by atoms with E-state index in [0.29, 0.717) is 17.8 Å². The number of alkyl halides is 1. The van der Waals surface area contributed by atoms with Crippen molar-refractivity contribution in [3.8, 4) is 6.19 Å². The normalized spacial score (nSPS) is 28.6. The van der Waals surface area contributed by atoms with E-state index in [1.165, 1.54) is 16.6 Å². The van der Waals surface area contributed by atoms with Gasteiger partial charge in [0.1, 0.15) is 0 Å². The van der Waals surface area contributed by atoms with Crippen molar-refractivity contribution < 1.29 is 14.7 Å². The summed E-state index contributed by atoms with van der Waals surface area (Å²) in [6, 6.07) is 8.50. The van der Waals surface area contributed by atoms with Crippen molar-refractivity contribution in [2.24, 2.45) is 17.8 Å². The number of nitrogens with zero attached hydrogens (tertiary/aromatic N) is 2. The van der Waals surface area contributed by atoms with Crippen molar-refractivity contribution in [3.05, 3.63) is 35.5 Å². The minimum absolute atomic E-state index is 0.0791. The third-order valence-electron chi connectivity index (χ3n) is 6.68. The first-order chi connectivity index (χ1) is 14.0. The van der Waals surface area contributed by atoms with Crippen LogP contribution in [0.4, 0.5) is 0 Å². The molecule has 2 N–H and O–H groups in total. The molecule has 1 aliphatic heterocycles. The molecule has 0 amide bonds. The second kappa shape index (κ2) is 9.58. The standard InChI is InChI=1S/C21H26BrN3O.CO2/c1-13-17-10-19(25(12-23)11-14(17)6-7-20(13)26)21-16(8-9-22)15-4-2-3-5-18(15)24-21;2-1-3/h2-5,13-14,17,19-20,24,26H,6-11H2,1H3;/t13-,14+,17-,19+,20+;/m1./s1. The molecular formula is C22H26BrN3O3. The van der Waals surface area contributed by atoms with E-state index < -0.39 is 0 Å². The number of fused-ring (bicyclic) bond motifs is 2. The number of nitriles is 1.